The third-order valence-electron chi connectivity index (χ3n) is 5.39. The predicted molar refractivity (Wildman–Crippen MR) is 163 cm³/mol. The molecule has 224 valence electrons. The van der Waals surface area contributed by atoms with Gasteiger partial charge < -0.3 is 23.8 Å². The van der Waals surface area contributed by atoms with Gasteiger partial charge in [-0.25, -0.2) is 9.59 Å². The molecular formula is C31H43N3O6S. The number of carbonyl (C=O) groups excluding carboxylic acids is 2. The van der Waals surface area contributed by atoms with Gasteiger partial charge in [0.15, 0.2) is 11.5 Å². The van der Waals surface area contributed by atoms with E-state index in [0.717, 1.165) is 24.0 Å². The van der Waals surface area contributed by atoms with Gasteiger partial charge >= 0.3 is 12.2 Å². The van der Waals surface area contributed by atoms with E-state index in [1.807, 2.05) is 39.9 Å². The van der Waals surface area contributed by atoms with Crippen LogP contribution in [0.4, 0.5) is 9.59 Å². The molecule has 41 heavy (non-hydrogen) atoms. The van der Waals surface area contributed by atoms with Gasteiger partial charge in [0.1, 0.15) is 11.2 Å². The Hall–Kier alpha value is -3.71. The lowest BCUT2D eigenvalue weighted by molar-refractivity contribution is 0.0553. The molecular weight excluding hydrogens is 542 g/mol. The molecule has 0 fully saturated rings. The second kappa shape index (κ2) is 15.3. The molecule has 1 N–H and O–H groups in total. The number of methoxy groups -OCH3 is 2. The lowest BCUT2D eigenvalue weighted by atomic mass is 10.0. The van der Waals surface area contributed by atoms with Crippen molar-refractivity contribution in [2.75, 3.05) is 20.8 Å². The van der Waals surface area contributed by atoms with E-state index < -0.39 is 29.4 Å². The van der Waals surface area contributed by atoms with E-state index in [9.17, 15) is 9.59 Å². The van der Waals surface area contributed by atoms with E-state index in [1.54, 1.807) is 67.1 Å². The van der Waals surface area contributed by atoms with Crippen molar-refractivity contribution >= 4 is 29.5 Å². The van der Waals surface area contributed by atoms with Crippen LogP contribution in [0.15, 0.2) is 40.0 Å². The summed E-state index contributed by atoms with van der Waals surface area (Å²) in [5.41, 5.74) is 0.257. The zero-order chi connectivity index (χ0) is 30.6. The van der Waals surface area contributed by atoms with Crippen molar-refractivity contribution in [1.82, 2.24) is 10.2 Å². The van der Waals surface area contributed by atoms with E-state index >= 15 is 0 Å². The van der Waals surface area contributed by atoms with Crippen LogP contribution < -0.4 is 14.8 Å². The second-order valence-corrected chi connectivity index (χ2v) is 12.1. The van der Waals surface area contributed by atoms with Crippen LogP contribution in [0.25, 0.3) is 0 Å². The number of nitrogens with zero attached hydrogens (tertiary/aromatic N) is 2. The Kier molecular flexibility index (Phi) is 12.5. The van der Waals surface area contributed by atoms with Crippen LogP contribution in [0.5, 0.6) is 11.5 Å². The van der Waals surface area contributed by atoms with Crippen molar-refractivity contribution in [3.05, 3.63) is 46.2 Å². The number of aliphatic imine (C=N–C) groups is 1. The number of guanidine groups is 1. The summed E-state index contributed by atoms with van der Waals surface area (Å²) in [6.07, 6.45) is 0.484. The molecule has 0 aliphatic rings. The fraction of sp³-hybridized carbons (Fsp3) is 0.516. The van der Waals surface area contributed by atoms with Crippen molar-refractivity contribution in [3.8, 4) is 23.3 Å². The normalized spacial score (nSPS) is 12.5. The third-order valence-corrected chi connectivity index (χ3v) is 6.07. The lowest BCUT2D eigenvalue weighted by Gasteiger charge is -2.32. The first-order valence-electron chi connectivity index (χ1n) is 13.6. The molecule has 1 aromatic heterocycles. The molecule has 10 heteroatoms. The van der Waals surface area contributed by atoms with Gasteiger partial charge in [-0.1, -0.05) is 31.3 Å². The Morgan fingerprint density at radius 3 is 2.27 bits per heavy atom. The number of nitrogens with one attached hydrogen (secondary N) is 1. The average Bonchev–Trinajstić information content (AvgIpc) is 3.38. The Balaban J connectivity index is 2.63. The summed E-state index contributed by atoms with van der Waals surface area (Å²) in [4.78, 5) is 31.9. The number of hydrogen-bond donors (Lipinski definition) is 1. The van der Waals surface area contributed by atoms with Gasteiger partial charge in [-0.3, -0.25) is 5.32 Å². The number of alkyl carbamates (subject to hydrolysis) is 1. The number of unbranched alkanes of at least 4 members (excludes halogenated alkanes) is 1. The number of rotatable bonds is 8. The highest BCUT2D eigenvalue weighted by Crippen LogP contribution is 2.28. The maximum atomic E-state index is 12.9. The quantitative estimate of drug-likeness (QED) is 0.210. The van der Waals surface area contributed by atoms with Crippen LogP contribution in [0, 0.1) is 11.8 Å². The van der Waals surface area contributed by atoms with Crippen LogP contribution in [0.2, 0.25) is 0 Å². The first-order chi connectivity index (χ1) is 19.2. The van der Waals surface area contributed by atoms with E-state index in [-0.39, 0.29) is 5.96 Å². The van der Waals surface area contributed by atoms with Gasteiger partial charge in [0.05, 0.1) is 20.3 Å². The maximum absolute atomic E-state index is 12.9. The first kappa shape index (κ1) is 33.5. The second-order valence-electron chi connectivity index (χ2n) is 11.3. The smallest absolute Gasteiger partial charge is 0.437 e. The molecule has 1 heterocycles. The summed E-state index contributed by atoms with van der Waals surface area (Å²) in [5, 5.41) is 6.63. The number of benzene rings is 1. The zero-order valence-corrected chi connectivity index (χ0v) is 26.4. The van der Waals surface area contributed by atoms with Gasteiger partial charge in [0.25, 0.3) is 0 Å². The fourth-order valence-electron chi connectivity index (χ4n) is 3.64. The Morgan fingerprint density at radius 2 is 1.71 bits per heavy atom. The third kappa shape index (κ3) is 12.1. The van der Waals surface area contributed by atoms with Crippen molar-refractivity contribution in [2.45, 2.75) is 85.0 Å². The van der Waals surface area contributed by atoms with Gasteiger partial charge in [0, 0.05) is 23.9 Å². The van der Waals surface area contributed by atoms with Gasteiger partial charge in [0.2, 0.25) is 5.96 Å². The standard InChI is InChI=1S/C31H43N3O6S/c1-10-11-17-34(27(32-28(35)39-30(2,3)4)33-29(36)40-31(5,6)7)24(14-12-22-16-18-41-21-22)19-23-13-15-25(37-8)26(20-23)38-9/h13,15-16,18,20-21,24H,10-11,17,19H2,1-9H3,(H,32,33,35,36). The topological polar surface area (TPSA) is 98.7 Å². The van der Waals surface area contributed by atoms with Gasteiger partial charge in [-0.15, -0.1) is 4.99 Å². The summed E-state index contributed by atoms with van der Waals surface area (Å²) in [6.45, 7) is 13.1. The molecule has 2 amide bonds. The van der Waals surface area contributed by atoms with Crippen molar-refractivity contribution in [2.24, 2.45) is 4.99 Å². The van der Waals surface area contributed by atoms with Gasteiger partial charge in [-0.2, -0.15) is 11.3 Å². The number of amides is 2. The Morgan fingerprint density at radius 1 is 1.02 bits per heavy atom. The number of hydrogen-bond acceptors (Lipinski definition) is 7. The Bertz CT molecular complexity index is 1230. The van der Waals surface area contributed by atoms with E-state index in [1.165, 1.54) is 0 Å². The summed E-state index contributed by atoms with van der Waals surface area (Å²) in [6, 6.07) is 7.11. The molecule has 1 unspecified atom stereocenters. The van der Waals surface area contributed by atoms with Gasteiger partial charge in [-0.05, 0) is 77.1 Å². The molecule has 0 aliphatic carbocycles. The zero-order valence-electron chi connectivity index (χ0n) is 25.6. The fourth-order valence-corrected chi connectivity index (χ4v) is 4.23. The van der Waals surface area contributed by atoms with E-state index in [2.05, 4.69) is 29.1 Å². The minimum atomic E-state index is -0.833. The predicted octanol–water partition coefficient (Wildman–Crippen LogP) is 6.65. The van der Waals surface area contributed by atoms with Crippen LogP contribution in [-0.4, -0.2) is 61.1 Å². The first-order valence-corrected chi connectivity index (χ1v) is 14.5. The highest BCUT2D eigenvalue weighted by molar-refractivity contribution is 7.08. The minimum Gasteiger partial charge on any atom is -0.493 e. The lowest BCUT2D eigenvalue weighted by Crippen LogP contribution is -2.51. The molecule has 0 spiro atoms. The minimum absolute atomic E-state index is 0.00652. The van der Waals surface area contributed by atoms with Crippen LogP contribution in [0.3, 0.4) is 0 Å². The van der Waals surface area contributed by atoms with Crippen LogP contribution >= 0.6 is 11.3 Å². The Labute approximate surface area is 248 Å². The molecule has 1 atom stereocenters. The molecule has 2 rings (SSSR count). The summed E-state index contributed by atoms with van der Waals surface area (Å²) in [5.74, 6) is 7.80. The number of ether oxygens (including phenoxy) is 4. The number of carbonyl (C=O) groups is 2. The molecule has 0 radical (unpaired) electrons. The molecule has 0 bridgehead atoms. The highest BCUT2D eigenvalue weighted by atomic mass is 32.1. The molecule has 0 aliphatic heterocycles. The molecule has 2 aromatic rings. The van der Waals surface area contributed by atoms with Crippen molar-refractivity contribution in [3.63, 3.8) is 0 Å². The summed E-state index contributed by atoms with van der Waals surface area (Å²) in [7, 11) is 3.17. The SMILES string of the molecule is CCCCN(/C(=N\C(=O)OC(C)(C)C)NC(=O)OC(C)(C)C)C(C#Cc1ccsc1)Cc1ccc(OC)c(OC)c1. The van der Waals surface area contributed by atoms with E-state index in [4.69, 9.17) is 18.9 Å². The average molecular weight is 586 g/mol. The highest BCUT2D eigenvalue weighted by Gasteiger charge is 2.27. The van der Waals surface area contributed by atoms with Crippen molar-refractivity contribution < 1.29 is 28.5 Å². The van der Waals surface area contributed by atoms with Crippen molar-refractivity contribution in [1.29, 1.82) is 0 Å². The summed E-state index contributed by atoms with van der Waals surface area (Å²) < 4.78 is 21.9. The van der Waals surface area contributed by atoms with Crippen LogP contribution in [-0.2, 0) is 15.9 Å². The van der Waals surface area contributed by atoms with Crippen LogP contribution in [0.1, 0.15) is 72.4 Å². The largest absolute Gasteiger partial charge is 0.493 e. The molecule has 9 nitrogen and oxygen atoms in total. The monoisotopic (exact) mass is 585 g/mol. The maximum Gasteiger partial charge on any atom is 0.437 e. The molecule has 1 aromatic carbocycles. The number of thiophene rings is 1. The molecule has 0 saturated carbocycles. The summed E-state index contributed by atoms with van der Waals surface area (Å²) >= 11 is 1.56. The van der Waals surface area contributed by atoms with E-state index in [0.29, 0.717) is 24.5 Å². The molecule has 0 saturated heterocycles.